The van der Waals surface area contributed by atoms with E-state index in [2.05, 4.69) is 6.07 Å². The molecule has 2 amide bonds. The molecule has 0 spiro atoms. The Kier molecular flexibility index (Phi) is 5.13. The van der Waals surface area contributed by atoms with E-state index in [-0.39, 0.29) is 0 Å². The Hall–Kier alpha value is -3.10. The lowest BCUT2D eigenvalue weighted by molar-refractivity contribution is -0.0560. The number of hydrogen-bond donors (Lipinski definition) is 2. The van der Waals surface area contributed by atoms with Crippen LogP contribution in [0.25, 0.3) is 17.2 Å². The normalized spacial score (nSPS) is 11.9. The highest BCUT2D eigenvalue weighted by molar-refractivity contribution is 5.71. The van der Waals surface area contributed by atoms with Crippen molar-refractivity contribution in [2.45, 2.75) is 13.0 Å². The van der Waals surface area contributed by atoms with Gasteiger partial charge in [-0.05, 0) is 41.8 Å². The summed E-state index contributed by atoms with van der Waals surface area (Å²) in [6, 6.07) is 15.8. The van der Waals surface area contributed by atoms with E-state index in [1.54, 1.807) is 25.1 Å². The van der Waals surface area contributed by atoms with Crippen molar-refractivity contribution in [3.8, 4) is 17.2 Å². The first-order valence-corrected chi connectivity index (χ1v) is 7.07. The van der Waals surface area contributed by atoms with Gasteiger partial charge in [-0.25, -0.2) is 4.79 Å². The molecule has 0 aliphatic rings. The van der Waals surface area contributed by atoms with Crippen LogP contribution in [0.1, 0.15) is 18.1 Å². The Balaban J connectivity index is 2.19. The summed E-state index contributed by atoms with van der Waals surface area (Å²) >= 11 is 0. The molecular weight excluding hydrogens is 290 g/mol. The van der Waals surface area contributed by atoms with Gasteiger partial charge in [-0.3, -0.25) is 5.21 Å². The summed E-state index contributed by atoms with van der Waals surface area (Å²) in [5, 5.41) is 18.7. The molecule has 23 heavy (non-hydrogen) atoms. The van der Waals surface area contributed by atoms with Gasteiger partial charge in [-0.15, -0.1) is 0 Å². The zero-order chi connectivity index (χ0) is 16.8. The zero-order valence-electron chi connectivity index (χ0n) is 12.7. The van der Waals surface area contributed by atoms with E-state index < -0.39 is 12.1 Å². The van der Waals surface area contributed by atoms with Crippen LogP contribution in [0.4, 0.5) is 4.79 Å². The molecule has 0 aliphatic heterocycles. The fraction of sp³-hybridized carbons (Fsp3) is 0.111. The van der Waals surface area contributed by atoms with Gasteiger partial charge in [0.15, 0.2) is 0 Å². The van der Waals surface area contributed by atoms with Crippen molar-refractivity contribution in [1.82, 2.24) is 5.06 Å². The molecule has 0 radical (unpaired) electrons. The summed E-state index contributed by atoms with van der Waals surface area (Å²) in [5.41, 5.74) is 8.58. The fourth-order valence-corrected chi connectivity index (χ4v) is 2.09. The van der Waals surface area contributed by atoms with Crippen LogP contribution in [0.3, 0.4) is 0 Å². The summed E-state index contributed by atoms with van der Waals surface area (Å²) in [4.78, 5) is 10.9. The number of nitrogens with zero attached hydrogens (tertiary/aromatic N) is 2. The highest BCUT2D eigenvalue weighted by atomic mass is 16.5. The lowest BCUT2D eigenvalue weighted by atomic mass is 10.0. The van der Waals surface area contributed by atoms with Crippen LogP contribution in [-0.4, -0.2) is 22.3 Å². The minimum Gasteiger partial charge on any atom is -0.350 e. The van der Waals surface area contributed by atoms with Gasteiger partial charge in [-0.2, -0.15) is 10.3 Å². The fourth-order valence-electron chi connectivity index (χ4n) is 2.09. The lowest BCUT2D eigenvalue weighted by Gasteiger charge is -2.16. The number of rotatable bonds is 4. The van der Waals surface area contributed by atoms with Gasteiger partial charge >= 0.3 is 6.03 Å². The van der Waals surface area contributed by atoms with Crippen LogP contribution < -0.4 is 5.73 Å². The maximum absolute atomic E-state index is 10.9. The Morgan fingerprint density at radius 1 is 1.26 bits per heavy atom. The van der Waals surface area contributed by atoms with E-state index in [1.807, 2.05) is 42.5 Å². The molecule has 0 bridgehead atoms. The van der Waals surface area contributed by atoms with Crippen LogP contribution in [0.15, 0.2) is 54.6 Å². The minimum absolute atomic E-state index is 0.473. The first-order chi connectivity index (χ1) is 11.0. The quantitative estimate of drug-likeness (QED) is 0.670. The van der Waals surface area contributed by atoms with Crippen molar-refractivity contribution in [3.05, 3.63) is 65.7 Å². The Morgan fingerprint density at radius 3 is 2.57 bits per heavy atom. The highest BCUT2D eigenvalue weighted by Crippen LogP contribution is 2.21. The van der Waals surface area contributed by atoms with Crippen molar-refractivity contribution in [3.63, 3.8) is 0 Å². The molecule has 2 rings (SSSR count). The predicted molar refractivity (Wildman–Crippen MR) is 88.3 cm³/mol. The van der Waals surface area contributed by atoms with Gasteiger partial charge in [-0.1, -0.05) is 42.5 Å². The van der Waals surface area contributed by atoms with Crippen molar-refractivity contribution in [2.24, 2.45) is 5.73 Å². The van der Waals surface area contributed by atoms with E-state index in [9.17, 15) is 10.0 Å². The number of amides is 2. The number of benzene rings is 2. The molecule has 2 aromatic carbocycles. The highest BCUT2D eigenvalue weighted by Gasteiger charge is 2.11. The number of carbonyl (C=O) groups is 1. The molecule has 0 saturated heterocycles. The molecule has 0 aliphatic carbocycles. The maximum Gasteiger partial charge on any atom is 0.339 e. The molecule has 116 valence electrons. The van der Waals surface area contributed by atoms with E-state index >= 15 is 0 Å². The molecule has 0 fully saturated rings. The first kappa shape index (κ1) is 16.3. The zero-order valence-corrected chi connectivity index (χ0v) is 12.7. The number of nitriles is 1. The number of nitrogens with two attached hydrogens (primary N) is 1. The standard InChI is InChI=1S/C18H17N3O2/c1-13(21(23)18(20)22)5-6-14-3-2-4-17(11-14)16-9-7-15(12-19)8-10-16/h2-11,13,23H,1H3,(H2,20,22)/b6-5+/t13-/m1/s1. The Bertz CT molecular complexity index is 761. The van der Waals surface area contributed by atoms with Gasteiger partial charge < -0.3 is 5.73 Å². The Morgan fingerprint density at radius 2 is 1.96 bits per heavy atom. The van der Waals surface area contributed by atoms with Crippen LogP contribution in [-0.2, 0) is 0 Å². The van der Waals surface area contributed by atoms with E-state index in [0.29, 0.717) is 10.6 Å². The number of hydroxylamine groups is 2. The van der Waals surface area contributed by atoms with Crippen LogP contribution in [0, 0.1) is 11.3 Å². The third-order valence-corrected chi connectivity index (χ3v) is 3.41. The topological polar surface area (TPSA) is 90.3 Å². The number of carbonyl (C=O) groups excluding carboxylic acids is 1. The van der Waals surface area contributed by atoms with Crippen molar-refractivity contribution in [1.29, 1.82) is 5.26 Å². The lowest BCUT2D eigenvalue weighted by Crippen LogP contribution is -2.38. The van der Waals surface area contributed by atoms with Crippen molar-refractivity contribution >= 4 is 12.1 Å². The number of urea groups is 1. The average molecular weight is 307 g/mol. The molecule has 5 heteroatoms. The summed E-state index contributed by atoms with van der Waals surface area (Å²) in [6.07, 6.45) is 3.49. The summed E-state index contributed by atoms with van der Waals surface area (Å²) in [7, 11) is 0. The molecule has 0 saturated carbocycles. The monoisotopic (exact) mass is 307 g/mol. The molecule has 3 N–H and O–H groups in total. The number of hydrogen-bond acceptors (Lipinski definition) is 3. The van der Waals surface area contributed by atoms with Crippen LogP contribution in [0.5, 0.6) is 0 Å². The molecular formula is C18H17N3O2. The van der Waals surface area contributed by atoms with Gasteiger partial charge in [0.25, 0.3) is 0 Å². The van der Waals surface area contributed by atoms with Crippen LogP contribution in [0.2, 0.25) is 0 Å². The van der Waals surface area contributed by atoms with E-state index in [0.717, 1.165) is 16.7 Å². The average Bonchev–Trinajstić information content (AvgIpc) is 2.59. The molecule has 2 aromatic rings. The maximum atomic E-state index is 10.9. The minimum atomic E-state index is -0.895. The second-order valence-electron chi connectivity index (χ2n) is 5.10. The van der Waals surface area contributed by atoms with Crippen molar-refractivity contribution in [2.75, 3.05) is 0 Å². The van der Waals surface area contributed by atoms with Crippen LogP contribution >= 0.6 is 0 Å². The second kappa shape index (κ2) is 7.25. The molecule has 0 aromatic heterocycles. The SMILES string of the molecule is C[C@H](/C=C/c1cccc(-c2ccc(C#N)cc2)c1)N(O)C(N)=O. The number of primary amides is 1. The van der Waals surface area contributed by atoms with E-state index in [1.165, 1.54) is 0 Å². The summed E-state index contributed by atoms with van der Waals surface area (Å²) in [5.74, 6) is 0. The summed E-state index contributed by atoms with van der Waals surface area (Å²) in [6.45, 7) is 1.66. The van der Waals surface area contributed by atoms with Gasteiger partial charge in [0.2, 0.25) is 0 Å². The molecule has 0 unspecified atom stereocenters. The molecule has 1 atom stereocenters. The van der Waals surface area contributed by atoms with Gasteiger partial charge in [0.05, 0.1) is 17.7 Å². The van der Waals surface area contributed by atoms with Crippen molar-refractivity contribution < 1.29 is 10.0 Å². The predicted octanol–water partition coefficient (Wildman–Crippen LogP) is 3.40. The van der Waals surface area contributed by atoms with Gasteiger partial charge in [0, 0.05) is 0 Å². The first-order valence-electron chi connectivity index (χ1n) is 7.07. The third-order valence-electron chi connectivity index (χ3n) is 3.41. The summed E-state index contributed by atoms with van der Waals surface area (Å²) < 4.78 is 0. The van der Waals surface area contributed by atoms with Gasteiger partial charge in [0.1, 0.15) is 0 Å². The largest absolute Gasteiger partial charge is 0.350 e. The Labute approximate surface area is 134 Å². The third kappa shape index (κ3) is 4.19. The molecule has 5 nitrogen and oxygen atoms in total. The smallest absolute Gasteiger partial charge is 0.339 e. The van der Waals surface area contributed by atoms with E-state index in [4.69, 9.17) is 11.0 Å². The molecule has 0 heterocycles. The second-order valence-corrected chi connectivity index (χ2v) is 5.10.